The Bertz CT molecular complexity index is 2960. The van der Waals surface area contributed by atoms with Crippen LogP contribution in [-0.2, 0) is 67.2 Å². The number of nitrogens with two attached hydrogens (primary N) is 2. The minimum absolute atomic E-state index is 0.0584. The Morgan fingerprint density at radius 3 is 1.74 bits per heavy atom. The summed E-state index contributed by atoms with van der Waals surface area (Å²) in [6, 6.07) is -3.99. The van der Waals surface area contributed by atoms with Crippen LogP contribution in [-0.4, -0.2) is 181 Å². The van der Waals surface area contributed by atoms with Crippen molar-refractivity contribution in [1.29, 1.82) is 0 Å². The molecule has 462 valence electrons. The highest BCUT2D eigenvalue weighted by atomic mass is 16.3. The largest absolute Gasteiger partial charge is 0.394 e. The number of H-pyrrole nitrogens is 3. The summed E-state index contributed by atoms with van der Waals surface area (Å²) in [7, 11) is 0. The summed E-state index contributed by atoms with van der Waals surface area (Å²) in [5.41, 5.74) is 13.3. The number of aromatic nitrogens is 5. The SMILES string of the molecule is CCNC(=O)[C@@H]1CCCN1C(=O)[C@H](CCCN=C(N)N)NC(=O)[C@H](CC(C)C)NC(=O)[C@@H](CC(C)C)NC(=O)[C@H](Cc1cnc[nH]1)NC(=O)[C@H](CO)NC(=O)[C@H](Cc1c[nH]c2ccccc12)NC(=O)[C@H](Cc1cnc[nH]1)NC(=O)[C@@H]1CCC(=O)N1. The molecule has 10 amide bonds. The number of para-hydroxylation sites is 1. The number of rotatable bonds is 32. The minimum atomic E-state index is -1.73. The molecule has 29 heteroatoms. The molecule has 2 aliphatic heterocycles. The number of aromatic amines is 3. The average Bonchev–Trinajstić information content (AvgIpc) is 4.53. The van der Waals surface area contributed by atoms with Crippen molar-refractivity contribution in [2.24, 2.45) is 28.3 Å². The summed E-state index contributed by atoms with van der Waals surface area (Å²) in [6.45, 7) is 8.89. The number of carbonyl (C=O) groups excluding carboxylic acids is 10. The molecule has 6 rings (SSSR count). The van der Waals surface area contributed by atoms with Crippen molar-refractivity contribution in [2.75, 3.05) is 26.2 Å². The van der Waals surface area contributed by atoms with Gasteiger partial charge < -0.3 is 84.3 Å². The first-order valence-electron chi connectivity index (χ1n) is 28.8. The molecule has 0 aliphatic carbocycles. The maximum absolute atomic E-state index is 14.6. The Morgan fingerprint density at radius 1 is 0.682 bits per heavy atom. The van der Waals surface area contributed by atoms with Crippen LogP contribution in [0.1, 0.15) is 103 Å². The lowest BCUT2D eigenvalue weighted by molar-refractivity contribution is -0.142. The number of carbonyl (C=O) groups is 10. The third-order valence-corrected chi connectivity index (χ3v) is 14.5. The van der Waals surface area contributed by atoms with Gasteiger partial charge in [-0.15, -0.1) is 0 Å². The molecule has 5 heterocycles. The lowest BCUT2D eigenvalue weighted by Crippen LogP contribution is -2.61. The highest BCUT2D eigenvalue weighted by molar-refractivity contribution is 5.99. The first kappa shape index (κ1) is 65.3. The molecule has 9 atom stereocenters. The Balaban J connectivity index is 1.20. The third-order valence-electron chi connectivity index (χ3n) is 14.5. The molecular formula is C56H82N18O11. The summed E-state index contributed by atoms with van der Waals surface area (Å²) in [6.07, 6.45) is 8.70. The highest BCUT2D eigenvalue weighted by Gasteiger charge is 2.40. The zero-order valence-electron chi connectivity index (χ0n) is 48.6. The van der Waals surface area contributed by atoms with Gasteiger partial charge >= 0.3 is 0 Å². The van der Waals surface area contributed by atoms with E-state index in [2.05, 4.69) is 77.8 Å². The van der Waals surface area contributed by atoms with E-state index in [4.69, 9.17) is 11.5 Å². The van der Waals surface area contributed by atoms with Crippen LogP contribution in [0.2, 0.25) is 0 Å². The van der Waals surface area contributed by atoms with Crippen LogP contribution in [0.3, 0.4) is 0 Å². The third kappa shape index (κ3) is 19.3. The number of hydrogen-bond acceptors (Lipinski definition) is 14. The number of imidazole rings is 2. The van der Waals surface area contributed by atoms with Crippen molar-refractivity contribution in [3.63, 3.8) is 0 Å². The predicted octanol–water partition coefficient (Wildman–Crippen LogP) is -2.42. The number of nitrogens with zero attached hydrogens (tertiary/aromatic N) is 4. The normalized spacial score (nSPS) is 17.3. The Kier molecular flexibility index (Phi) is 24.3. The molecule has 17 N–H and O–H groups in total. The molecule has 4 aromatic rings. The van der Waals surface area contributed by atoms with Crippen molar-refractivity contribution in [2.45, 2.75) is 160 Å². The lowest BCUT2D eigenvalue weighted by Gasteiger charge is -2.31. The Labute approximate surface area is 491 Å². The first-order chi connectivity index (χ1) is 40.6. The van der Waals surface area contributed by atoms with Crippen molar-refractivity contribution >= 4 is 75.9 Å². The van der Waals surface area contributed by atoms with E-state index in [9.17, 15) is 53.1 Å². The van der Waals surface area contributed by atoms with E-state index >= 15 is 0 Å². The van der Waals surface area contributed by atoms with Gasteiger partial charge in [-0.2, -0.15) is 0 Å². The number of aliphatic hydroxyl groups is 1. The number of benzene rings is 1. The van der Waals surface area contributed by atoms with Crippen LogP contribution in [0.25, 0.3) is 10.9 Å². The molecule has 1 aromatic carbocycles. The monoisotopic (exact) mass is 1180 g/mol. The van der Waals surface area contributed by atoms with Crippen molar-refractivity contribution in [3.05, 3.63) is 72.5 Å². The van der Waals surface area contributed by atoms with Crippen LogP contribution in [0.5, 0.6) is 0 Å². The fourth-order valence-electron chi connectivity index (χ4n) is 10.3. The molecule has 2 saturated heterocycles. The van der Waals surface area contributed by atoms with Gasteiger partial charge in [0.2, 0.25) is 59.1 Å². The summed E-state index contributed by atoms with van der Waals surface area (Å²) in [5.74, 6) is -7.31. The fraction of sp³-hybridized carbons (Fsp3) is 0.554. The molecule has 2 aliphatic rings. The van der Waals surface area contributed by atoms with E-state index in [-0.39, 0.29) is 100 Å². The predicted molar refractivity (Wildman–Crippen MR) is 311 cm³/mol. The van der Waals surface area contributed by atoms with Gasteiger partial charge in [-0.05, 0) is 75.3 Å². The van der Waals surface area contributed by atoms with E-state index < -0.39 is 108 Å². The standard InChI is InChI=1S/C56H82N18O11/c1-6-61-54(84)45-14-10-18-74(45)55(85)38(13-9-17-62-56(57)58)67-48(78)39(19-30(2)3)68-49(79)40(20-31(4)5)69-51(81)43(23-34-26-60-29-65-34)72-53(83)44(27-75)73-50(80)41(21-32-24-63-36-12-8-7-11-35(32)36)70-52(82)42(22-33-25-59-28-64-33)71-47(77)37-15-16-46(76)66-37/h7-8,11-12,24-26,28-31,37-45,63,75H,6,9-10,13-23,27H2,1-5H3,(H,59,64)(H,60,65)(H,61,84)(H,66,76)(H,67,78)(H,68,79)(H,69,81)(H,70,82)(H,71,77)(H,72,83)(H,73,80)(H4,57,58,62)/t37-,38-,39-,40+,41-,42-,43-,44-,45-/m0/s1. The van der Waals surface area contributed by atoms with E-state index in [0.717, 1.165) is 10.9 Å². The van der Waals surface area contributed by atoms with E-state index in [1.165, 1.54) is 29.9 Å². The van der Waals surface area contributed by atoms with Crippen molar-refractivity contribution < 1.29 is 53.1 Å². The maximum Gasteiger partial charge on any atom is 0.245 e. The summed E-state index contributed by atoms with van der Waals surface area (Å²) in [5, 5.41) is 35.7. The van der Waals surface area contributed by atoms with Gasteiger partial charge in [-0.25, -0.2) is 9.97 Å². The van der Waals surface area contributed by atoms with Crippen LogP contribution in [0, 0.1) is 11.8 Å². The summed E-state index contributed by atoms with van der Waals surface area (Å²) in [4.78, 5) is 162. The smallest absolute Gasteiger partial charge is 0.245 e. The number of fused-ring (bicyclic) bond motifs is 1. The molecule has 0 saturated carbocycles. The van der Waals surface area contributed by atoms with E-state index in [1.807, 2.05) is 45.9 Å². The van der Waals surface area contributed by atoms with Gasteiger partial charge in [0.1, 0.15) is 54.4 Å². The molecule has 85 heavy (non-hydrogen) atoms. The maximum atomic E-state index is 14.6. The molecule has 0 unspecified atom stereocenters. The number of amides is 10. The van der Waals surface area contributed by atoms with Crippen LogP contribution in [0.15, 0.2) is 60.5 Å². The first-order valence-corrected chi connectivity index (χ1v) is 28.8. The van der Waals surface area contributed by atoms with Gasteiger partial charge in [0.15, 0.2) is 5.96 Å². The van der Waals surface area contributed by atoms with Crippen molar-refractivity contribution in [3.8, 4) is 0 Å². The van der Waals surface area contributed by atoms with Gasteiger partial charge in [0, 0.05) is 86.2 Å². The number of hydrogen-bond donors (Lipinski definition) is 15. The van der Waals surface area contributed by atoms with E-state index in [1.54, 1.807) is 19.2 Å². The summed E-state index contributed by atoms with van der Waals surface area (Å²) >= 11 is 0. The molecule has 29 nitrogen and oxygen atoms in total. The second kappa shape index (κ2) is 31.7. The van der Waals surface area contributed by atoms with Gasteiger partial charge in [-0.1, -0.05) is 45.9 Å². The van der Waals surface area contributed by atoms with Gasteiger partial charge in [0.05, 0.1) is 19.3 Å². The molecule has 0 radical (unpaired) electrons. The van der Waals surface area contributed by atoms with E-state index in [0.29, 0.717) is 36.3 Å². The zero-order valence-corrected chi connectivity index (χ0v) is 48.6. The molecule has 3 aromatic heterocycles. The lowest BCUT2D eigenvalue weighted by atomic mass is 9.99. The average molecular weight is 1180 g/mol. The Morgan fingerprint density at radius 2 is 1.21 bits per heavy atom. The van der Waals surface area contributed by atoms with Crippen LogP contribution >= 0.6 is 0 Å². The second-order valence-corrected chi connectivity index (χ2v) is 22.2. The second-order valence-electron chi connectivity index (χ2n) is 22.2. The summed E-state index contributed by atoms with van der Waals surface area (Å²) < 4.78 is 0. The molecule has 2 fully saturated rings. The molecule has 0 bridgehead atoms. The van der Waals surface area contributed by atoms with Gasteiger partial charge in [0.25, 0.3) is 0 Å². The topological polar surface area (TPSA) is 440 Å². The van der Waals surface area contributed by atoms with Gasteiger partial charge in [-0.3, -0.25) is 52.9 Å². The fourth-order valence-corrected chi connectivity index (χ4v) is 10.3. The molecular weight excluding hydrogens is 1100 g/mol. The Hall–Kier alpha value is -8.89. The number of likely N-dealkylation sites (N-methyl/N-ethyl adjacent to an activating group) is 1. The highest BCUT2D eigenvalue weighted by Crippen LogP contribution is 2.22. The quantitative estimate of drug-likeness (QED) is 0.0137. The number of aliphatic hydroxyl groups excluding tert-OH is 1. The molecule has 0 spiro atoms. The number of nitrogens with one attached hydrogen (secondary N) is 12. The number of guanidine groups is 1. The minimum Gasteiger partial charge on any atom is -0.394 e. The van der Waals surface area contributed by atoms with Crippen LogP contribution in [0.4, 0.5) is 0 Å². The van der Waals surface area contributed by atoms with Crippen LogP contribution < -0.4 is 59.3 Å². The number of aliphatic imine (C=N–C) groups is 1. The van der Waals surface area contributed by atoms with Crippen molar-refractivity contribution in [1.82, 2.24) is 77.7 Å². The number of likely N-dealkylation sites (tertiary alicyclic amines) is 1. The zero-order chi connectivity index (χ0) is 61.7.